The Labute approximate surface area is 200 Å². The van der Waals surface area contributed by atoms with E-state index in [-0.39, 0.29) is 29.9 Å². The van der Waals surface area contributed by atoms with Gasteiger partial charge in [-0.2, -0.15) is 0 Å². The fourth-order valence-corrected chi connectivity index (χ4v) is 4.58. The van der Waals surface area contributed by atoms with Crippen molar-refractivity contribution in [1.82, 2.24) is 20.6 Å². The average molecular weight is 478 g/mol. The van der Waals surface area contributed by atoms with E-state index >= 15 is 0 Å². The molecule has 0 atom stereocenters. The van der Waals surface area contributed by atoms with Crippen molar-refractivity contribution in [3.05, 3.63) is 41.1 Å². The lowest BCUT2D eigenvalue weighted by molar-refractivity contribution is 0.0940. The van der Waals surface area contributed by atoms with Gasteiger partial charge in [0.1, 0.15) is 17.4 Å². The fraction of sp³-hybridized carbons (Fsp3) is 0.542. The highest BCUT2D eigenvalue weighted by Crippen LogP contribution is 2.44. The molecule has 1 spiro atoms. The number of halogens is 2. The van der Waals surface area contributed by atoms with Crippen LogP contribution in [0.25, 0.3) is 0 Å². The van der Waals surface area contributed by atoms with Crippen molar-refractivity contribution in [3.63, 3.8) is 0 Å². The van der Waals surface area contributed by atoms with E-state index in [9.17, 15) is 9.18 Å². The molecule has 3 heterocycles. The van der Waals surface area contributed by atoms with Gasteiger partial charge in [0, 0.05) is 24.5 Å². The highest BCUT2D eigenvalue weighted by Gasteiger charge is 2.45. The average Bonchev–Trinajstić information content (AvgIpc) is 2.74. The summed E-state index contributed by atoms with van der Waals surface area (Å²) in [5.74, 6) is 1.40. The molecule has 2 N–H and O–H groups in total. The van der Waals surface area contributed by atoms with Gasteiger partial charge in [0.15, 0.2) is 11.6 Å². The molecule has 2 fully saturated rings. The minimum atomic E-state index is -0.459. The summed E-state index contributed by atoms with van der Waals surface area (Å²) in [4.78, 5) is 24.0. The van der Waals surface area contributed by atoms with E-state index in [0.29, 0.717) is 34.7 Å². The second-order valence-electron chi connectivity index (χ2n) is 9.24. The SMILES string of the molecule is CCc1cc(F)cc(C(=O)NC(C)C)c1Oc1cnc(C)nc1N1CC2(CCNCC2)C1.Cl. The van der Waals surface area contributed by atoms with Crippen molar-refractivity contribution in [2.75, 3.05) is 31.1 Å². The third kappa shape index (κ3) is 5.38. The first-order chi connectivity index (χ1) is 15.3. The van der Waals surface area contributed by atoms with Crippen molar-refractivity contribution < 1.29 is 13.9 Å². The summed E-state index contributed by atoms with van der Waals surface area (Å²) < 4.78 is 20.6. The van der Waals surface area contributed by atoms with Gasteiger partial charge in [-0.1, -0.05) is 6.92 Å². The molecular formula is C24H33ClFN5O2. The molecule has 2 aromatic rings. The Kier molecular flexibility index (Phi) is 7.80. The summed E-state index contributed by atoms with van der Waals surface area (Å²) >= 11 is 0. The summed E-state index contributed by atoms with van der Waals surface area (Å²) in [5, 5.41) is 6.26. The van der Waals surface area contributed by atoms with E-state index < -0.39 is 5.82 Å². The van der Waals surface area contributed by atoms with Gasteiger partial charge in [-0.3, -0.25) is 4.79 Å². The maximum Gasteiger partial charge on any atom is 0.255 e. The fourth-order valence-electron chi connectivity index (χ4n) is 4.58. The zero-order valence-electron chi connectivity index (χ0n) is 19.7. The van der Waals surface area contributed by atoms with Crippen LogP contribution in [-0.4, -0.2) is 48.1 Å². The minimum Gasteiger partial charge on any atom is -0.451 e. The molecule has 180 valence electrons. The lowest BCUT2D eigenvalue weighted by Gasteiger charge is -2.53. The molecule has 33 heavy (non-hydrogen) atoms. The molecule has 1 amide bonds. The number of nitrogens with zero attached hydrogens (tertiary/aromatic N) is 3. The number of amides is 1. The van der Waals surface area contributed by atoms with Crippen LogP contribution in [0.4, 0.5) is 10.2 Å². The van der Waals surface area contributed by atoms with E-state index in [1.165, 1.54) is 12.1 Å². The second-order valence-corrected chi connectivity index (χ2v) is 9.24. The first kappa shape index (κ1) is 25.2. The van der Waals surface area contributed by atoms with Crippen molar-refractivity contribution in [2.45, 2.75) is 53.0 Å². The molecule has 0 saturated carbocycles. The predicted octanol–water partition coefficient (Wildman–Crippen LogP) is 4.03. The van der Waals surface area contributed by atoms with Crippen molar-refractivity contribution in [1.29, 1.82) is 0 Å². The number of hydrogen-bond donors (Lipinski definition) is 2. The van der Waals surface area contributed by atoms with E-state index in [4.69, 9.17) is 4.74 Å². The Bertz CT molecular complexity index is 1000. The summed E-state index contributed by atoms with van der Waals surface area (Å²) in [6, 6.07) is 2.57. The van der Waals surface area contributed by atoms with Gasteiger partial charge in [0.05, 0.1) is 11.8 Å². The first-order valence-electron chi connectivity index (χ1n) is 11.4. The molecule has 0 aliphatic carbocycles. The Balaban J connectivity index is 0.00000306. The number of ether oxygens (including phenoxy) is 1. The third-order valence-corrected chi connectivity index (χ3v) is 6.26. The number of carbonyl (C=O) groups is 1. The third-order valence-electron chi connectivity index (χ3n) is 6.26. The highest BCUT2D eigenvalue weighted by atomic mass is 35.5. The summed E-state index contributed by atoms with van der Waals surface area (Å²) in [6.45, 7) is 11.4. The van der Waals surface area contributed by atoms with Crippen molar-refractivity contribution >= 4 is 24.1 Å². The lowest BCUT2D eigenvalue weighted by Crippen LogP contribution is -2.60. The molecule has 1 aromatic heterocycles. The maximum atomic E-state index is 14.3. The van der Waals surface area contributed by atoms with E-state index in [1.807, 2.05) is 27.7 Å². The summed E-state index contributed by atoms with van der Waals surface area (Å²) in [5.41, 5.74) is 1.14. The van der Waals surface area contributed by atoms with Gasteiger partial charge in [-0.15, -0.1) is 12.4 Å². The Morgan fingerprint density at radius 2 is 2.00 bits per heavy atom. The molecule has 0 bridgehead atoms. The standard InChI is InChI=1S/C24H32FN5O2.ClH/c1-5-17-10-18(25)11-19(23(31)28-15(2)3)21(17)32-20-12-27-16(4)29-22(20)30-13-24(14-30)6-8-26-9-7-24;/h10-12,15,26H,5-9,13-14H2,1-4H3,(H,28,31);1H. The van der Waals surface area contributed by atoms with Gasteiger partial charge in [-0.05, 0) is 70.8 Å². The molecule has 7 nitrogen and oxygen atoms in total. The van der Waals surface area contributed by atoms with E-state index in [2.05, 4.69) is 25.5 Å². The molecule has 2 aliphatic rings. The van der Waals surface area contributed by atoms with Crippen LogP contribution in [0.5, 0.6) is 11.5 Å². The molecule has 4 rings (SSSR count). The Hall–Kier alpha value is -2.45. The van der Waals surface area contributed by atoms with E-state index in [1.54, 1.807) is 6.20 Å². The van der Waals surface area contributed by atoms with Crippen LogP contribution in [0.15, 0.2) is 18.3 Å². The van der Waals surface area contributed by atoms with Crippen LogP contribution in [0.1, 0.15) is 55.4 Å². The number of carbonyl (C=O) groups excluding carboxylic acids is 1. The second kappa shape index (κ2) is 10.2. The lowest BCUT2D eigenvalue weighted by atomic mass is 9.72. The van der Waals surface area contributed by atoms with Gasteiger partial charge < -0.3 is 20.3 Å². The highest BCUT2D eigenvalue weighted by molar-refractivity contribution is 5.97. The summed E-state index contributed by atoms with van der Waals surface area (Å²) in [7, 11) is 0. The van der Waals surface area contributed by atoms with Crippen LogP contribution in [-0.2, 0) is 6.42 Å². The van der Waals surface area contributed by atoms with Crippen LogP contribution < -0.4 is 20.3 Å². The molecule has 0 unspecified atom stereocenters. The number of benzene rings is 1. The number of piperidine rings is 1. The van der Waals surface area contributed by atoms with Gasteiger partial charge in [0.25, 0.3) is 5.91 Å². The monoisotopic (exact) mass is 477 g/mol. The molecule has 9 heteroatoms. The van der Waals surface area contributed by atoms with Crippen molar-refractivity contribution in [2.24, 2.45) is 5.41 Å². The minimum absolute atomic E-state index is 0. The Morgan fingerprint density at radius 3 is 2.64 bits per heavy atom. The normalized spacial score (nSPS) is 16.8. The predicted molar refractivity (Wildman–Crippen MR) is 129 cm³/mol. The zero-order valence-corrected chi connectivity index (χ0v) is 20.5. The van der Waals surface area contributed by atoms with Crippen LogP contribution >= 0.6 is 12.4 Å². The smallest absolute Gasteiger partial charge is 0.255 e. The number of aryl methyl sites for hydroxylation is 2. The van der Waals surface area contributed by atoms with Gasteiger partial charge in [0.2, 0.25) is 0 Å². The number of hydrogen-bond acceptors (Lipinski definition) is 6. The van der Waals surface area contributed by atoms with Crippen molar-refractivity contribution in [3.8, 4) is 11.5 Å². The molecule has 2 saturated heterocycles. The molecular weight excluding hydrogens is 445 g/mol. The van der Waals surface area contributed by atoms with Crippen LogP contribution in [0.3, 0.4) is 0 Å². The topological polar surface area (TPSA) is 79.4 Å². The molecule has 2 aliphatic heterocycles. The number of nitrogens with one attached hydrogen (secondary N) is 2. The quantitative estimate of drug-likeness (QED) is 0.654. The Morgan fingerprint density at radius 1 is 1.30 bits per heavy atom. The van der Waals surface area contributed by atoms with Crippen LogP contribution in [0, 0.1) is 18.2 Å². The zero-order chi connectivity index (χ0) is 22.9. The maximum absolute atomic E-state index is 14.3. The van der Waals surface area contributed by atoms with Crippen LogP contribution in [0.2, 0.25) is 0 Å². The molecule has 1 aromatic carbocycles. The van der Waals surface area contributed by atoms with Gasteiger partial charge >= 0.3 is 0 Å². The number of aromatic nitrogens is 2. The first-order valence-corrected chi connectivity index (χ1v) is 11.4. The summed E-state index contributed by atoms with van der Waals surface area (Å²) in [6.07, 6.45) is 4.48. The molecule has 0 radical (unpaired) electrons. The van der Waals surface area contributed by atoms with Gasteiger partial charge in [-0.25, -0.2) is 14.4 Å². The van der Waals surface area contributed by atoms with E-state index in [0.717, 1.165) is 44.8 Å². The number of anilines is 1. The largest absolute Gasteiger partial charge is 0.451 e. The number of rotatable bonds is 6.